The number of nitrogens with zero attached hydrogens (tertiary/aromatic N) is 2. The Bertz CT molecular complexity index is 864. The van der Waals surface area contributed by atoms with Crippen LogP contribution in [0.4, 0.5) is 4.39 Å². The van der Waals surface area contributed by atoms with Crippen LogP contribution in [0, 0.1) is 12.7 Å². The second-order valence-corrected chi connectivity index (χ2v) is 7.63. The molecule has 0 aliphatic carbocycles. The molecule has 0 bridgehead atoms. The van der Waals surface area contributed by atoms with Crippen LogP contribution in [0.1, 0.15) is 22.5 Å². The van der Waals surface area contributed by atoms with Crippen molar-refractivity contribution in [3.8, 4) is 0 Å². The summed E-state index contributed by atoms with van der Waals surface area (Å²) in [5.41, 5.74) is 1.84. The predicted molar refractivity (Wildman–Crippen MR) is 102 cm³/mol. The van der Waals surface area contributed by atoms with Crippen LogP contribution in [0.15, 0.2) is 18.2 Å². The number of carbonyl (C=O) groups is 1. The molecule has 2 saturated heterocycles. The Hall–Kier alpha value is -2.00. The van der Waals surface area contributed by atoms with Gasteiger partial charge in [0.15, 0.2) is 0 Å². The summed E-state index contributed by atoms with van der Waals surface area (Å²) in [7, 11) is 0. The molecule has 28 heavy (non-hydrogen) atoms. The molecule has 2 fully saturated rings. The molecule has 1 amide bonds. The lowest BCUT2D eigenvalue weighted by Gasteiger charge is -2.38. The molecular formula is C20H26FN3O4. The Morgan fingerprint density at radius 1 is 1.25 bits per heavy atom. The number of H-pyrrole nitrogens is 1. The van der Waals surface area contributed by atoms with Gasteiger partial charge >= 0.3 is 0 Å². The van der Waals surface area contributed by atoms with Crippen LogP contribution in [0.25, 0.3) is 10.9 Å². The number of aliphatic hydroxyl groups excluding tert-OH is 2. The van der Waals surface area contributed by atoms with Gasteiger partial charge in [-0.2, -0.15) is 0 Å². The number of aromatic nitrogens is 1. The summed E-state index contributed by atoms with van der Waals surface area (Å²) in [5, 5.41) is 21.6. The summed E-state index contributed by atoms with van der Waals surface area (Å²) < 4.78 is 19.0. The lowest BCUT2D eigenvalue weighted by atomic mass is 10.0. The van der Waals surface area contributed by atoms with Crippen molar-refractivity contribution < 1.29 is 24.1 Å². The summed E-state index contributed by atoms with van der Waals surface area (Å²) in [5.74, 6) is -0.546. The minimum absolute atomic E-state index is 0.200. The van der Waals surface area contributed by atoms with Crippen LogP contribution < -0.4 is 0 Å². The van der Waals surface area contributed by atoms with E-state index in [0.717, 1.165) is 0 Å². The largest absolute Gasteiger partial charge is 0.390 e. The van der Waals surface area contributed by atoms with E-state index in [9.17, 15) is 19.4 Å². The molecule has 2 aliphatic heterocycles. The number of ether oxygens (including phenoxy) is 1. The number of nitrogens with one attached hydrogen (secondary N) is 1. The number of aryl methyl sites for hydroxylation is 1. The standard InChI is InChI=1S/C20H26FN3O4/c1-12-14-10-13(21)2-3-15(14)22-18(12)20(27)24-5-4-17(25)19(26)16(11-24)23-6-8-28-9-7-23/h2-3,10,16-17,19,22,25-26H,4-9,11H2,1H3/t16-,17-,19+/m1/s1. The third-order valence-corrected chi connectivity index (χ3v) is 5.93. The number of carbonyl (C=O) groups excluding carboxylic acids is 1. The average Bonchev–Trinajstić information content (AvgIpc) is 2.95. The molecule has 8 heteroatoms. The minimum atomic E-state index is -0.922. The number of amides is 1. The first-order valence-corrected chi connectivity index (χ1v) is 9.70. The molecule has 3 heterocycles. The van der Waals surface area contributed by atoms with Crippen LogP contribution in [0.5, 0.6) is 0 Å². The maximum atomic E-state index is 13.6. The van der Waals surface area contributed by atoms with Crippen molar-refractivity contribution in [1.82, 2.24) is 14.8 Å². The van der Waals surface area contributed by atoms with E-state index >= 15 is 0 Å². The first-order valence-electron chi connectivity index (χ1n) is 9.70. The van der Waals surface area contributed by atoms with Gasteiger partial charge in [0.2, 0.25) is 0 Å². The Morgan fingerprint density at radius 3 is 2.75 bits per heavy atom. The fourth-order valence-corrected chi connectivity index (χ4v) is 4.24. The zero-order valence-electron chi connectivity index (χ0n) is 15.9. The maximum Gasteiger partial charge on any atom is 0.270 e. The van der Waals surface area contributed by atoms with Crippen molar-refractivity contribution in [2.75, 3.05) is 39.4 Å². The van der Waals surface area contributed by atoms with E-state index in [1.54, 1.807) is 17.9 Å². The molecule has 152 valence electrons. The smallest absolute Gasteiger partial charge is 0.270 e. The average molecular weight is 391 g/mol. The van der Waals surface area contributed by atoms with E-state index in [4.69, 9.17) is 4.74 Å². The quantitative estimate of drug-likeness (QED) is 0.707. The number of hydrogen-bond donors (Lipinski definition) is 3. The zero-order valence-corrected chi connectivity index (χ0v) is 15.9. The van der Waals surface area contributed by atoms with Crippen molar-refractivity contribution in [1.29, 1.82) is 0 Å². The fourth-order valence-electron chi connectivity index (χ4n) is 4.24. The number of likely N-dealkylation sites (tertiary alicyclic amines) is 1. The van der Waals surface area contributed by atoms with E-state index < -0.39 is 12.2 Å². The number of fused-ring (bicyclic) bond motifs is 1. The third-order valence-electron chi connectivity index (χ3n) is 5.93. The highest BCUT2D eigenvalue weighted by Gasteiger charge is 2.38. The van der Waals surface area contributed by atoms with E-state index in [-0.39, 0.29) is 17.8 Å². The Labute approximate surface area is 162 Å². The van der Waals surface area contributed by atoms with E-state index in [2.05, 4.69) is 9.88 Å². The van der Waals surface area contributed by atoms with Gasteiger partial charge in [0.1, 0.15) is 11.5 Å². The number of rotatable bonds is 2. The van der Waals surface area contributed by atoms with Gasteiger partial charge in [-0.3, -0.25) is 9.69 Å². The van der Waals surface area contributed by atoms with Crippen LogP contribution in [0.2, 0.25) is 0 Å². The molecule has 0 radical (unpaired) electrons. The van der Waals surface area contributed by atoms with Crippen molar-refractivity contribution in [3.63, 3.8) is 0 Å². The summed E-state index contributed by atoms with van der Waals surface area (Å²) >= 11 is 0. The SMILES string of the molecule is Cc1c(C(=O)N2CC[C@@H](O)[C@@H](O)[C@H](N3CCOCC3)C2)[nH]c2ccc(F)cc12. The molecule has 4 rings (SSSR count). The Balaban J connectivity index is 1.62. The first kappa shape index (κ1) is 19.3. The molecule has 0 unspecified atom stereocenters. The zero-order chi connectivity index (χ0) is 19.8. The molecular weight excluding hydrogens is 365 g/mol. The van der Waals surface area contributed by atoms with Gasteiger partial charge in [0.05, 0.1) is 31.5 Å². The van der Waals surface area contributed by atoms with Gasteiger partial charge in [-0.15, -0.1) is 0 Å². The van der Waals surface area contributed by atoms with Crippen molar-refractivity contribution in [2.45, 2.75) is 31.6 Å². The van der Waals surface area contributed by atoms with Gasteiger partial charge in [-0.25, -0.2) is 4.39 Å². The van der Waals surface area contributed by atoms with Gasteiger partial charge in [0.25, 0.3) is 5.91 Å². The summed E-state index contributed by atoms with van der Waals surface area (Å²) in [6, 6.07) is 4.05. The molecule has 2 aromatic rings. The van der Waals surface area contributed by atoms with E-state index in [0.29, 0.717) is 68.0 Å². The summed E-state index contributed by atoms with van der Waals surface area (Å²) in [6.45, 7) is 4.91. The molecule has 7 nitrogen and oxygen atoms in total. The number of hydrogen-bond acceptors (Lipinski definition) is 5. The van der Waals surface area contributed by atoms with Crippen LogP contribution >= 0.6 is 0 Å². The summed E-state index contributed by atoms with van der Waals surface area (Å²) in [4.78, 5) is 20.1. The van der Waals surface area contributed by atoms with Gasteiger partial charge in [-0.05, 0) is 37.1 Å². The highest BCUT2D eigenvalue weighted by molar-refractivity contribution is 6.00. The lowest BCUT2D eigenvalue weighted by molar-refractivity contribution is -0.0609. The number of halogens is 1. The number of morpholine rings is 1. The second kappa shape index (κ2) is 7.79. The number of benzene rings is 1. The highest BCUT2D eigenvalue weighted by Crippen LogP contribution is 2.25. The molecule has 2 aliphatic rings. The van der Waals surface area contributed by atoms with Crippen LogP contribution in [-0.4, -0.2) is 88.5 Å². The highest BCUT2D eigenvalue weighted by atomic mass is 19.1. The normalized spacial score (nSPS) is 27.1. The third kappa shape index (κ3) is 3.53. The van der Waals surface area contributed by atoms with Crippen molar-refractivity contribution in [3.05, 3.63) is 35.3 Å². The van der Waals surface area contributed by atoms with Gasteiger partial charge in [0, 0.05) is 37.1 Å². The first-order chi connectivity index (χ1) is 13.5. The minimum Gasteiger partial charge on any atom is -0.390 e. The molecule has 0 spiro atoms. The second-order valence-electron chi connectivity index (χ2n) is 7.63. The van der Waals surface area contributed by atoms with E-state index in [1.807, 2.05) is 0 Å². The molecule has 0 saturated carbocycles. The van der Waals surface area contributed by atoms with Gasteiger partial charge in [-0.1, -0.05) is 0 Å². The topological polar surface area (TPSA) is 89.0 Å². The molecule has 1 aromatic carbocycles. The molecule has 3 N–H and O–H groups in total. The maximum absolute atomic E-state index is 13.6. The Kier molecular flexibility index (Phi) is 5.37. The predicted octanol–water partition coefficient (Wildman–Crippen LogP) is 0.884. The number of aromatic amines is 1. The fraction of sp³-hybridized carbons (Fsp3) is 0.550. The number of aliphatic hydroxyl groups is 2. The monoisotopic (exact) mass is 391 g/mol. The van der Waals surface area contributed by atoms with Crippen molar-refractivity contribution in [2.24, 2.45) is 0 Å². The molecule has 1 aromatic heterocycles. The van der Waals surface area contributed by atoms with Crippen LogP contribution in [-0.2, 0) is 4.74 Å². The van der Waals surface area contributed by atoms with E-state index in [1.165, 1.54) is 12.1 Å². The lowest BCUT2D eigenvalue weighted by Crippen LogP contribution is -2.55. The Morgan fingerprint density at radius 2 is 2.00 bits per heavy atom. The van der Waals surface area contributed by atoms with Crippen molar-refractivity contribution >= 4 is 16.8 Å². The molecule has 3 atom stereocenters. The van der Waals surface area contributed by atoms with Crippen LogP contribution in [0.3, 0.4) is 0 Å². The van der Waals surface area contributed by atoms with Gasteiger partial charge < -0.3 is 24.8 Å². The summed E-state index contributed by atoms with van der Waals surface area (Å²) in [6.07, 6.45) is -1.50.